The number of nitrogens with one attached hydrogen (secondary N) is 1. The largest absolute Gasteiger partial charge is 0.383 e. The molecule has 72 valence electrons. The Morgan fingerprint density at radius 3 is 2.75 bits per heavy atom. The van der Waals surface area contributed by atoms with Gasteiger partial charge in [0.05, 0.1) is 24.9 Å². The smallest absolute Gasteiger partial charge is 0.0755 e. The summed E-state index contributed by atoms with van der Waals surface area (Å²) in [5.74, 6) is 0. The molecule has 0 amide bonds. The Bertz CT molecular complexity index is 128. The van der Waals surface area contributed by atoms with Crippen LogP contribution in [0, 0.1) is 0 Å². The van der Waals surface area contributed by atoms with E-state index in [-0.39, 0.29) is 0 Å². The van der Waals surface area contributed by atoms with Crippen LogP contribution < -0.4 is 5.32 Å². The first-order valence-corrected chi connectivity index (χ1v) is 4.59. The van der Waals surface area contributed by atoms with Gasteiger partial charge in [-0.15, -0.1) is 0 Å². The van der Waals surface area contributed by atoms with Crippen molar-refractivity contribution < 1.29 is 9.47 Å². The van der Waals surface area contributed by atoms with Crippen LogP contribution in [0.1, 0.15) is 19.8 Å². The minimum absolute atomic E-state index is 0.338. The number of hydrogen-bond donors (Lipinski definition) is 1. The predicted molar refractivity (Wildman–Crippen MR) is 48.3 cm³/mol. The average molecular weight is 173 g/mol. The lowest BCUT2D eigenvalue weighted by Gasteiger charge is -2.22. The number of ether oxygens (including phenoxy) is 2. The van der Waals surface area contributed by atoms with E-state index in [0.29, 0.717) is 18.2 Å². The Labute approximate surface area is 74.4 Å². The van der Waals surface area contributed by atoms with E-state index >= 15 is 0 Å². The van der Waals surface area contributed by atoms with Crippen LogP contribution in [0.15, 0.2) is 0 Å². The molecule has 1 aliphatic rings. The third-order valence-corrected chi connectivity index (χ3v) is 2.43. The molecule has 12 heavy (non-hydrogen) atoms. The zero-order valence-corrected chi connectivity index (χ0v) is 8.17. The molecule has 3 unspecified atom stereocenters. The molecule has 3 nitrogen and oxygen atoms in total. The van der Waals surface area contributed by atoms with E-state index in [9.17, 15) is 0 Å². The van der Waals surface area contributed by atoms with Crippen molar-refractivity contribution in [1.82, 2.24) is 5.32 Å². The maximum atomic E-state index is 5.72. The van der Waals surface area contributed by atoms with Gasteiger partial charge in [-0.3, -0.25) is 0 Å². The molecule has 3 atom stereocenters. The lowest BCUT2D eigenvalue weighted by molar-refractivity contribution is 0.0123. The molecule has 0 aromatic heterocycles. The third-order valence-electron chi connectivity index (χ3n) is 2.43. The standard InChI is InChI=1S/C9H19NO2/c1-7-4-5-9(12-7)8(10-2)6-11-3/h7-10H,4-6H2,1-3H3. The molecule has 0 spiro atoms. The summed E-state index contributed by atoms with van der Waals surface area (Å²) in [6.45, 7) is 2.85. The fourth-order valence-corrected chi connectivity index (χ4v) is 1.69. The third kappa shape index (κ3) is 2.44. The fraction of sp³-hybridized carbons (Fsp3) is 1.00. The maximum Gasteiger partial charge on any atom is 0.0755 e. The molecule has 3 heteroatoms. The Morgan fingerprint density at radius 2 is 2.33 bits per heavy atom. The Morgan fingerprint density at radius 1 is 1.58 bits per heavy atom. The first kappa shape index (κ1) is 9.96. The molecule has 1 saturated heterocycles. The van der Waals surface area contributed by atoms with E-state index in [1.54, 1.807) is 7.11 Å². The number of rotatable bonds is 4. The molecule has 0 aromatic rings. The van der Waals surface area contributed by atoms with Gasteiger partial charge in [0.25, 0.3) is 0 Å². The van der Waals surface area contributed by atoms with Crippen molar-refractivity contribution in [2.24, 2.45) is 0 Å². The van der Waals surface area contributed by atoms with Crippen molar-refractivity contribution in [3.05, 3.63) is 0 Å². The second-order valence-corrected chi connectivity index (χ2v) is 3.41. The van der Waals surface area contributed by atoms with Crippen LogP contribution in [-0.2, 0) is 9.47 Å². The average Bonchev–Trinajstić information content (AvgIpc) is 2.47. The molecule has 0 radical (unpaired) electrons. The molecule has 0 saturated carbocycles. The first-order chi connectivity index (χ1) is 5.77. The predicted octanol–water partition coefficient (Wildman–Crippen LogP) is 0.788. The van der Waals surface area contributed by atoms with E-state index in [0.717, 1.165) is 13.0 Å². The molecular formula is C9H19NO2. The SMILES string of the molecule is CNC(COC)C1CCC(C)O1. The van der Waals surface area contributed by atoms with E-state index in [2.05, 4.69) is 12.2 Å². The second kappa shape index (κ2) is 4.80. The van der Waals surface area contributed by atoms with Gasteiger partial charge < -0.3 is 14.8 Å². The van der Waals surface area contributed by atoms with Crippen LogP contribution in [-0.4, -0.2) is 39.0 Å². The van der Waals surface area contributed by atoms with Gasteiger partial charge in [0.15, 0.2) is 0 Å². The van der Waals surface area contributed by atoms with Gasteiger partial charge in [-0.05, 0) is 26.8 Å². The van der Waals surface area contributed by atoms with Crippen LogP contribution >= 0.6 is 0 Å². The Hall–Kier alpha value is -0.120. The molecule has 0 bridgehead atoms. The van der Waals surface area contributed by atoms with Crippen LogP contribution in [0.25, 0.3) is 0 Å². The fourth-order valence-electron chi connectivity index (χ4n) is 1.69. The van der Waals surface area contributed by atoms with E-state index in [1.165, 1.54) is 6.42 Å². The van der Waals surface area contributed by atoms with E-state index in [4.69, 9.17) is 9.47 Å². The van der Waals surface area contributed by atoms with Crippen molar-refractivity contribution in [1.29, 1.82) is 0 Å². The van der Waals surface area contributed by atoms with Crippen molar-refractivity contribution in [3.63, 3.8) is 0 Å². The highest BCUT2D eigenvalue weighted by Gasteiger charge is 2.28. The van der Waals surface area contributed by atoms with Gasteiger partial charge in [0, 0.05) is 7.11 Å². The van der Waals surface area contributed by atoms with Crippen molar-refractivity contribution in [2.45, 2.75) is 38.0 Å². The molecule has 0 aromatic carbocycles. The van der Waals surface area contributed by atoms with Crippen molar-refractivity contribution >= 4 is 0 Å². The summed E-state index contributed by atoms with van der Waals surface area (Å²) in [7, 11) is 3.68. The van der Waals surface area contributed by atoms with Crippen LogP contribution in [0.2, 0.25) is 0 Å². The van der Waals surface area contributed by atoms with Gasteiger partial charge >= 0.3 is 0 Å². The zero-order valence-electron chi connectivity index (χ0n) is 8.17. The molecule has 1 heterocycles. The minimum Gasteiger partial charge on any atom is -0.383 e. The topological polar surface area (TPSA) is 30.5 Å². The Kier molecular flexibility index (Phi) is 3.98. The van der Waals surface area contributed by atoms with Gasteiger partial charge in [-0.2, -0.15) is 0 Å². The van der Waals surface area contributed by atoms with E-state index < -0.39 is 0 Å². The normalized spacial score (nSPS) is 32.2. The maximum absolute atomic E-state index is 5.72. The molecule has 1 rings (SSSR count). The summed E-state index contributed by atoms with van der Waals surface area (Å²) in [6, 6.07) is 0.347. The lowest BCUT2D eigenvalue weighted by atomic mass is 10.1. The van der Waals surface area contributed by atoms with Gasteiger partial charge in [0.2, 0.25) is 0 Å². The molecule has 1 N–H and O–H groups in total. The Balaban J connectivity index is 2.33. The highest BCUT2D eigenvalue weighted by atomic mass is 16.5. The molecule has 1 aliphatic heterocycles. The second-order valence-electron chi connectivity index (χ2n) is 3.41. The number of methoxy groups -OCH3 is 1. The summed E-state index contributed by atoms with van der Waals surface area (Å²) >= 11 is 0. The zero-order chi connectivity index (χ0) is 8.97. The lowest BCUT2D eigenvalue weighted by Crippen LogP contribution is -2.41. The molecule has 1 fully saturated rings. The summed E-state index contributed by atoms with van der Waals surface area (Å²) in [5.41, 5.74) is 0. The van der Waals surface area contributed by atoms with E-state index in [1.807, 2.05) is 7.05 Å². The highest BCUT2D eigenvalue weighted by molar-refractivity contribution is 4.81. The summed E-state index contributed by atoms with van der Waals surface area (Å²) in [6.07, 6.45) is 3.08. The monoisotopic (exact) mass is 173 g/mol. The summed E-state index contributed by atoms with van der Waals surface area (Å²) in [4.78, 5) is 0. The van der Waals surface area contributed by atoms with Crippen LogP contribution in [0.4, 0.5) is 0 Å². The van der Waals surface area contributed by atoms with Crippen LogP contribution in [0.3, 0.4) is 0 Å². The molecular weight excluding hydrogens is 154 g/mol. The summed E-state index contributed by atoms with van der Waals surface area (Å²) in [5, 5.41) is 3.22. The van der Waals surface area contributed by atoms with Crippen molar-refractivity contribution in [2.75, 3.05) is 20.8 Å². The minimum atomic E-state index is 0.338. The van der Waals surface area contributed by atoms with Crippen molar-refractivity contribution in [3.8, 4) is 0 Å². The first-order valence-electron chi connectivity index (χ1n) is 4.59. The van der Waals surface area contributed by atoms with Gasteiger partial charge in [-0.1, -0.05) is 0 Å². The van der Waals surface area contributed by atoms with Gasteiger partial charge in [0.1, 0.15) is 0 Å². The number of likely N-dealkylation sites (N-methyl/N-ethyl adjacent to an activating group) is 1. The van der Waals surface area contributed by atoms with Gasteiger partial charge in [-0.25, -0.2) is 0 Å². The number of hydrogen-bond acceptors (Lipinski definition) is 3. The molecule has 0 aliphatic carbocycles. The van der Waals surface area contributed by atoms with Crippen LogP contribution in [0.5, 0.6) is 0 Å². The summed E-state index contributed by atoms with van der Waals surface area (Å²) < 4.78 is 10.8. The quantitative estimate of drug-likeness (QED) is 0.681. The highest BCUT2D eigenvalue weighted by Crippen LogP contribution is 2.21.